The summed E-state index contributed by atoms with van der Waals surface area (Å²) in [6.07, 6.45) is 2.24. The smallest absolute Gasteiger partial charge is 0.327 e. The van der Waals surface area contributed by atoms with E-state index >= 15 is 0 Å². The Morgan fingerprint density at radius 1 is 1.40 bits per heavy atom. The standard InChI is InChI=1S/C15H21N3O2/c1-10(2)17-9-5-8-13(17)18-14-11(16-15(18)19)6-4-7-12(14)20-3/h4,6-7,10,13H,5,8-9H2,1-3H3,(H,16,19). The zero-order valence-corrected chi connectivity index (χ0v) is 12.2. The number of nitrogens with zero attached hydrogens (tertiary/aromatic N) is 2. The first-order valence-corrected chi connectivity index (χ1v) is 7.16. The predicted octanol–water partition coefficient (Wildman–Crippen LogP) is 2.34. The van der Waals surface area contributed by atoms with Crippen molar-refractivity contribution in [2.75, 3.05) is 13.7 Å². The fraction of sp³-hybridized carbons (Fsp3) is 0.533. The second-order valence-corrected chi connectivity index (χ2v) is 5.61. The average Bonchev–Trinajstić information content (AvgIpc) is 3.00. The minimum absolute atomic E-state index is 0.0537. The van der Waals surface area contributed by atoms with Crippen LogP contribution in [0.1, 0.15) is 32.9 Å². The molecular formula is C15H21N3O2. The average molecular weight is 275 g/mol. The van der Waals surface area contributed by atoms with Crippen LogP contribution in [0.15, 0.2) is 23.0 Å². The van der Waals surface area contributed by atoms with Crippen molar-refractivity contribution in [1.82, 2.24) is 14.5 Å². The number of para-hydroxylation sites is 1. The molecule has 2 heterocycles. The molecule has 0 amide bonds. The zero-order chi connectivity index (χ0) is 14.3. The van der Waals surface area contributed by atoms with Crippen molar-refractivity contribution in [1.29, 1.82) is 0 Å². The highest BCUT2D eigenvalue weighted by molar-refractivity contribution is 5.82. The molecule has 5 heteroatoms. The molecular weight excluding hydrogens is 254 g/mol. The molecule has 20 heavy (non-hydrogen) atoms. The van der Waals surface area contributed by atoms with Gasteiger partial charge in [-0.05, 0) is 38.8 Å². The van der Waals surface area contributed by atoms with E-state index in [2.05, 4.69) is 23.7 Å². The summed E-state index contributed by atoms with van der Waals surface area (Å²) in [6, 6.07) is 6.15. The summed E-state index contributed by atoms with van der Waals surface area (Å²) in [4.78, 5) is 17.7. The lowest BCUT2D eigenvalue weighted by atomic mass is 10.2. The topological polar surface area (TPSA) is 50.3 Å². The van der Waals surface area contributed by atoms with E-state index in [1.807, 2.05) is 22.8 Å². The van der Waals surface area contributed by atoms with E-state index in [0.717, 1.165) is 36.2 Å². The van der Waals surface area contributed by atoms with Crippen LogP contribution in [0.3, 0.4) is 0 Å². The molecule has 1 fully saturated rings. The first kappa shape index (κ1) is 13.2. The molecule has 1 saturated heterocycles. The Hall–Kier alpha value is -1.75. The maximum absolute atomic E-state index is 12.4. The van der Waals surface area contributed by atoms with Crippen LogP contribution in [0, 0.1) is 0 Å². The van der Waals surface area contributed by atoms with Crippen LogP contribution in [0.4, 0.5) is 0 Å². The van der Waals surface area contributed by atoms with Crippen molar-refractivity contribution in [3.8, 4) is 5.75 Å². The van der Waals surface area contributed by atoms with Crippen LogP contribution >= 0.6 is 0 Å². The van der Waals surface area contributed by atoms with E-state index in [-0.39, 0.29) is 11.9 Å². The Bertz CT molecular complexity index is 671. The summed E-state index contributed by atoms with van der Waals surface area (Å²) in [6.45, 7) is 5.39. The fourth-order valence-electron chi connectivity index (χ4n) is 3.25. The van der Waals surface area contributed by atoms with Crippen molar-refractivity contribution in [3.05, 3.63) is 28.7 Å². The number of methoxy groups -OCH3 is 1. The SMILES string of the molecule is COc1cccc2[nH]c(=O)n(C3CCCN3C(C)C)c12. The quantitative estimate of drug-likeness (QED) is 0.935. The first-order valence-electron chi connectivity index (χ1n) is 7.16. The Labute approximate surface area is 118 Å². The lowest BCUT2D eigenvalue weighted by molar-refractivity contribution is 0.152. The molecule has 1 aromatic carbocycles. The van der Waals surface area contributed by atoms with Crippen LogP contribution in [0.2, 0.25) is 0 Å². The van der Waals surface area contributed by atoms with Gasteiger partial charge >= 0.3 is 5.69 Å². The molecule has 0 radical (unpaired) electrons. The van der Waals surface area contributed by atoms with E-state index in [1.54, 1.807) is 7.11 Å². The van der Waals surface area contributed by atoms with Gasteiger partial charge in [0.2, 0.25) is 0 Å². The van der Waals surface area contributed by atoms with Gasteiger partial charge in [-0.2, -0.15) is 0 Å². The summed E-state index contributed by atoms with van der Waals surface area (Å²) < 4.78 is 7.30. The van der Waals surface area contributed by atoms with E-state index in [4.69, 9.17) is 4.74 Å². The van der Waals surface area contributed by atoms with Gasteiger partial charge in [-0.1, -0.05) is 6.07 Å². The zero-order valence-electron chi connectivity index (χ0n) is 12.2. The molecule has 5 nitrogen and oxygen atoms in total. The number of imidazole rings is 1. The molecule has 1 atom stereocenters. The molecule has 1 unspecified atom stereocenters. The number of H-pyrrole nitrogens is 1. The summed E-state index contributed by atoms with van der Waals surface area (Å²) >= 11 is 0. The van der Waals surface area contributed by atoms with Gasteiger partial charge in [-0.25, -0.2) is 4.79 Å². The molecule has 0 aliphatic carbocycles. The number of hydrogen-bond acceptors (Lipinski definition) is 3. The number of benzene rings is 1. The first-order chi connectivity index (χ1) is 9.63. The molecule has 108 valence electrons. The van der Waals surface area contributed by atoms with Gasteiger partial charge in [0.25, 0.3) is 0 Å². The maximum atomic E-state index is 12.4. The van der Waals surface area contributed by atoms with E-state index in [9.17, 15) is 4.79 Å². The molecule has 0 bridgehead atoms. The van der Waals surface area contributed by atoms with Crippen LogP contribution in [0.25, 0.3) is 11.0 Å². The van der Waals surface area contributed by atoms with Gasteiger partial charge in [0.15, 0.2) is 0 Å². The largest absolute Gasteiger partial charge is 0.494 e. The number of rotatable bonds is 3. The molecule has 3 rings (SSSR count). The predicted molar refractivity (Wildman–Crippen MR) is 79.2 cm³/mol. The summed E-state index contributed by atoms with van der Waals surface area (Å²) in [7, 11) is 1.64. The Morgan fingerprint density at radius 3 is 2.90 bits per heavy atom. The highest BCUT2D eigenvalue weighted by atomic mass is 16.5. The lowest BCUT2D eigenvalue weighted by Crippen LogP contribution is -2.37. The molecule has 1 N–H and O–H groups in total. The van der Waals surface area contributed by atoms with Crippen molar-refractivity contribution in [2.24, 2.45) is 0 Å². The number of aromatic nitrogens is 2. The number of fused-ring (bicyclic) bond motifs is 1. The van der Waals surface area contributed by atoms with E-state index in [0.29, 0.717) is 6.04 Å². The third-order valence-electron chi connectivity index (χ3n) is 4.14. The van der Waals surface area contributed by atoms with Gasteiger partial charge in [0.1, 0.15) is 11.3 Å². The summed E-state index contributed by atoms with van der Waals surface area (Å²) in [5.74, 6) is 0.747. The molecule has 0 saturated carbocycles. The third kappa shape index (κ3) is 1.93. The van der Waals surface area contributed by atoms with Crippen LogP contribution in [0.5, 0.6) is 5.75 Å². The third-order valence-corrected chi connectivity index (χ3v) is 4.14. The monoisotopic (exact) mass is 275 g/mol. The van der Waals surface area contributed by atoms with Crippen LogP contribution < -0.4 is 10.4 Å². The number of ether oxygens (including phenoxy) is 1. The Balaban J connectivity index is 2.20. The lowest BCUT2D eigenvalue weighted by Gasteiger charge is -2.29. The fourth-order valence-corrected chi connectivity index (χ4v) is 3.25. The molecule has 1 aliphatic heterocycles. The normalized spacial score (nSPS) is 20.1. The van der Waals surface area contributed by atoms with Crippen molar-refractivity contribution in [3.63, 3.8) is 0 Å². The van der Waals surface area contributed by atoms with Crippen molar-refractivity contribution >= 4 is 11.0 Å². The van der Waals surface area contributed by atoms with Crippen LogP contribution in [-0.2, 0) is 0 Å². The molecule has 0 spiro atoms. The van der Waals surface area contributed by atoms with Crippen molar-refractivity contribution < 1.29 is 4.74 Å². The number of nitrogens with one attached hydrogen (secondary N) is 1. The second-order valence-electron chi connectivity index (χ2n) is 5.61. The van der Waals surface area contributed by atoms with Gasteiger partial charge in [0, 0.05) is 12.6 Å². The van der Waals surface area contributed by atoms with Crippen LogP contribution in [-0.4, -0.2) is 34.1 Å². The number of hydrogen-bond donors (Lipinski definition) is 1. The number of aromatic amines is 1. The molecule has 1 aromatic heterocycles. The molecule has 1 aliphatic rings. The van der Waals surface area contributed by atoms with Gasteiger partial charge in [-0.15, -0.1) is 0 Å². The highest BCUT2D eigenvalue weighted by Gasteiger charge is 2.31. The minimum atomic E-state index is -0.0537. The maximum Gasteiger partial charge on any atom is 0.327 e. The highest BCUT2D eigenvalue weighted by Crippen LogP contribution is 2.33. The summed E-state index contributed by atoms with van der Waals surface area (Å²) in [5.41, 5.74) is 1.66. The summed E-state index contributed by atoms with van der Waals surface area (Å²) in [5, 5.41) is 0. The second kappa shape index (κ2) is 4.98. The van der Waals surface area contributed by atoms with Gasteiger partial charge in [-0.3, -0.25) is 9.47 Å². The van der Waals surface area contributed by atoms with Crippen molar-refractivity contribution in [2.45, 2.75) is 38.9 Å². The Kier molecular flexibility index (Phi) is 3.30. The van der Waals surface area contributed by atoms with Gasteiger partial charge < -0.3 is 9.72 Å². The minimum Gasteiger partial charge on any atom is -0.494 e. The molecule has 2 aromatic rings. The van der Waals surface area contributed by atoms with E-state index in [1.165, 1.54) is 0 Å². The Morgan fingerprint density at radius 2 is 2.20 bits per heavy atom. The van der Waals surface area contributed by atoms with Gasteiger partial charge in [0.05, 0.1) is 18.8 Å². The number of likely N-dealkylation sites (tertiary alicyclic amines) is 1. The van der Waals surface area contributed by atoms with E-state index < -0.39 is 0 Å².